The molecule has 1 rings (SSSR count). The maximum absolute atomic E-state index is 12.1. The van der Waals surface area contributed by atoms with Gasteiger partial charge in [-0.3, -0.25) is 0 Å². The fourth-order valence-electron chi connectivity index (χ4n) is 1.11. The minimum atomic E-state index is -0.962. The van der Waals surface area contributed by atoms with E-state index in [9.17, 15) is 9.50 Å². The van der Waals surface area contributed by atoms with Crippen molar-refractivity contribution in [2.75, 3.05) is 6.67 Å². The first kappa shape index (κ1) is 9.20. The number of rotatable bonds is 3. The maximum Gasteiger partial charge on any atom is 0.119 e. The molecule has 1 aromatic rings. The Labute approximate surface area is 71.9 Å². The average molecular weight is 168 g/mol. The van der Waals surface area contributed by atoms with Crippen molar-refractivity contribution in [2.24, 2.45) is 0 Å². The van der Waals surface area contributed by atoms with Crippen LogP contribution in [0.5, 0.6) is 0 Å². The van der Waals surface area contributed by atoms with Gasteiger partial charge in [-0.05, 0) is 17.5 Å². The molecule has 0 amide bonds. The zero-order valence-electron chi connectivity index (χ0n) is 7.13. The van der Waals surface area contributed by atoms with Crippen LogP contribution in [0.25, 0.3) is 0 Å². The molecule has 66 valence electrons. The summed E-state index contributed by atoms with van der Waals surface area (Å²) in [6.07, 6.45) is -0.0520. The third kappa shape index (κ3) is 2.05. The van der Waals surface area contributed by atoms with Crippen LogP contribution in [0.15, 0.2) is 24.3 Å². The third-order valence-corrected chi connectivity index (χ3v) is 1.89. The number of alkyl halides is 1. The van der Waals surface area contributed by atoms with Crippen molar-refractivity contribution in [3.63, 3.8) is 0 Å². The molecule has 1 atom stereocenters. The molecule has 0 aliphatic heterocycles. The molecule has 0 fully saturated rings. The molecule has 0 spiro atoms. The lowest BCUT2D eigenvalue weighted by molar-refractivity contribution is 0.141. The standard InChI is InChI=1S/C10H13FO/c1-2-8-4-3-5-9(6-8)10(12)7-11/h3-6,10,12H,2,7H2,1H3. The quantitative estimate of drug-likeness (QED) is 0.734. The molecule has 0 aliphatic carbocycles. The normalized spacial score (nSPS) is 12.9. The van der Waals surface area contributed by atoms with E-state index < -0.39 is 12.8 Å². The molecular formula is C10H13FO. The number of benzene rings is 1. The topological polar surface area (TPSA) is 20.2 Å². The van der Waals surface area contributed by atoms with Crippen LogP contribution < -0.4 is 0 Å². The lowest BCUT2D eigenvalue weighted by atomic mass is 10.1. The van der Waals surface area contributed by atoms with Crippen molar-refractivity contribution in [1.29, 1.82) is 0 Å². The first-order chi connectivity index (χ1) is 5.77. The van der Waals surface area contributed by atoms with Gasteiger partial charge in [0.1, 0.15) is 12.8 Å². The second-order valence-corrected chi connectivity index (χ2v) is 2.77. The highest BCUT2D eigenvalue weighted by Gasteiger charge is 2.05. The Kier molecular flexibility index (Phi) is 3.23. The number of halogens is 1. The van der Waals surface area contributed by atoms with Gasteiger partial charge < -0.3 is 5.11 Å². The fourth-order valence-corrected chi connectivity index (χ4v) is 1.11. The molecule has 12 heavy (non-hydrogen) atoms. The van der Waals surface area contributed by atoms with E-state index >= 15 is 0 Å². The van der Waals surface area contributed by atoms with Crippen molar-refractivity contribution in [3.8, 4) is 0 Å². The van der Waals surface area contributed by atoms with Gasteiger partial charge in [-0.1, -0.05) is 31.2 Å². The first-order valence-corrected chi connectivity index (χ1v) is 4.10. The Morgan fingerprint density at radius 2 is 2.25 bits per heavy atom. The molecule has 1 aromatic carbocycles. The van der Waals surface area contributed by atoms with E-state index in [1.807, 2.05) is 25.1 Å². The monoisotopic (exact) mass is 168 g/mol. The Morgan fingerprint density at radius 3 is 2.83 bits per heavy atom. The predicted molar refractivity (Wildman–Crippen MR) is 46.8 cm³/mol. The van der Waals surface area contributed by atoms with Gasteiger partial charge in [-0.2, -0.15) is 0 Å². The predicted octanol–water partition coefficient (Wildman–Crippen LogP) is 2.25. The summed E-state index contributed by atoms with van der Waals surface area (Å²) in [7, 11) is 0. The van der Waals surface area contributed by atoms with Crippen LogP contribution in [-0.4, -0.2) is 11.8 Å². The van der Waals surface area contributed by atoms with Crippen LogP contribution in [-0.2, 0) is 6.42 Å². The fraction of sp³-hybridized carbons (Fsp3) is 0.400. The molecule has 0 heterocycles. The summed E-state index contributed by atoms with van der Waals surface area (Å²) in [5.74, 6) is 0. The van der Waals surface area contributed by atoms with Crippen LogP contribution >= 0.6 is 0 Å². The highest BCUT2D eigenvalue weighted by molar-refractivity contribution is 5.25. The van der Waals surface area contributed by atoms with E-state index in [1.54, 1.807) is 6.07 Å². The lowest BCUT2D eigenvalue weighted by Gasteiger charge is -2.07. The van der Waals surface area contributed by atoms with E-state index in [1.165, 1.54) is 0 Å². The Morgan fingerprint density at radius 1 is 1.50 bits per heavy atom. The summed E-state index contributed by atoms with van der Waals surface area (Å²) in [5.41, 5.74) is 1.79. The van der Waals surface area contributed by atoms with Crippen LogP contribution in [0.4, 0.5) is 4.39 Å². The van der Waals surface area contributed by atoms with Gasteiger partial charge in [-0.15, -0.1) is 0 Å². The second-order valence-electron chi connectivity index (χ2n) is 2.77. The number of aliphatic hydroxyl groups is 1. The second kappa shape index (κ2) is 4.21. The molecule has 0 aliphatic rings. The first-order valence-electron chi connectivity index (χ1n) is 4.10. The van der Waals surface area contributed by atoms with Crippen LogP contribution in [0.1, 0.15) is 24.2 Å². The van der Waals surface area contributed by atoms with Crippen molar-refractivity contribution in [3.05, 3.63) is 35.4 Å². The van der Waals surface area contributed by atoms with Gasteiger partial charge >= 0.3 is 0 Å². The van der Waals surface area contributed by atoms with Gasteiger partial charge in [0, 0.05) is 0 Å². The summed E-state index contributed by atoms with van der Waals surface area (Å²) in [6.45, 7) is 1.31. The number of hydrogen-bond donors (Lipinski definition) is 1. The van der Waals surface area contributed by atoms with Crippen molar-refractivity contribution >= 4 is 0 Å². The van der Waals surface area contributed by atoms with E-state index in [2.05, 4.69) is 0 Å². The summed E-state index contributed by atoms with van der Waals surface area (Å²) >= 11 is 0. The minimum absolute atomic E-state index is 0.664. The van der Waals surface area contributed by atoms with Gasteiger partial charge in [0.2, 0.25) is 0 Å². The highest BCUT2D eigenvalue weighted by atomic mass is 19.1. The van der Waals surface area contributed by atoms with Gasteiger partial charge in [0.05, 0.1) is 0 Å². The van der Waals surface area contributed by atoms with Crippen molar-refractivity contribution in [2.45, 2.75) is 19.4 Å². The van der Waals surface area contributed by atoms with Gasteiger partial charge in [0.15, 0.2) is 0 Å². The summed E-state index contributed by atoms with van der Waals surface area (Å²) in [4.78, 5) is 0. The molecule has 2 heteroatoms. The Balaban J connectivity index is 2.86. The van der Waals surface area contributed by atoms with Crippen LogP contribution in [0.2, 0.25) is 0 Å². The Bertz CT molecular complexity index is 247. The summed E-state index contributed by atoms with van der Waals surface area (Å²) < 4.78 is 12.1. The minimum Gasteiger partial charge on any atom is -0.386 e. The van der Waals surface area contributed by atoms with Crippen molar-refractivity contribution < 1.29 is 9.50 Å². The molecule has 1 N–H and O–H groups in total. The van der Waals surface area contributed by atoms with Crippen LogP contribution in [0.3, 0.4) is 0 Å². The molecule has 0 bridgehead atoms. The molecule has 0 saturated carbocycles. The van der Waals surface area contributed by atoms with Gasteiger partial charge in [-0.25, -0.2) is 4.39 Å². The molecule has 1 unspecified atom stereocenters. The van der Waals surface area contributed by atoms with Crippen LogP contribution in [0, 0.1) is 0 Å². The SMILES string of the molecule is CCc1cccc(C(O)CF)c1. The molecule has 1 nitrogen and oxygen atoms in total. The van der Waals surface area contributed by atoms with E-state index in [0.29, 0.717) is 5.56 Å². The molecular weight excluding hydrogens is 155 g/mol. The summed E-state index contributed by atoms with van der Waals surface area (Å²) in [6, 6.07) is 7.38. The molecule has 0 aromatic heterocycles. The highest BCUT2D eigenvalue weighted by Crippen LogP contribution is 2.14. The van der Waals surface area contributed by atoms with E-state index in [0.717, 1.165) is 12.0 Å². The largest absolute Gasteiger partial charge is 0.386 e. The third-order valence-electron chi connectivity index (χ3n) is 1.89. The van der Waals surface area contributed by atoms with E-state index in [4.69, 9.17) is 0 Å². The number of aliphatic hydroxyl groups excluding tert-OH is 1. The number of hydrogen-bond acceptors (Lipinski definition) is 1. The maximum atomic E-state index is 12.1. The number of aryl methyl sites for hydroxylation is 1. The lowest BCUT2D eigenvalue weighted by Crippen LogP contribution is -1.99. The summed E-state index contributed by atoms with van der Waals surface area (Å²) in [5, 5.41) is 9.17. The average Bonchev–Trinajstić information content (AvgIpc) is 2.17. The van der Waals surface area contributed by atoms with Crippen molar-refractivity contribution in [1.82, 2.24) is 0 Å². The smallest absolute Gasteiger partial charge is 0.119 e. The zero-order chi connectivity index (χ0) is 8.97. The van der Waals surface area contributed by atoms with Gasteiger partial charge in [0.25, 0.3) is 0 Å². The molecule has 0 radical (unpaired) electrons. The molecule has 0 saturated heterocycles. The Hall–Kier alpha value is -0.890. The van der Waals surface area contributed by atoms with E-state index in [-0.39, 0.29) is 0 Å². The zero-order valence-corrected chi connectivity index (χ0v) is 7.13.